The van der Waals surface area contributed by atoms with E-state index in [-0.39, 0.29) is 18.5 Å². The average molecular weight is 419 g/mol. The molecule has 8 heteroatoms. The van der Waals surface area contributed by atoms with E-state index in [2.05, 4.69) is 51.5 Å². The van der Waals surface area contributed by atoms with Crippen LogP contribution in [-0.4, -0.2) is 51.6 Å². The van der Waals surface area contributed by atoms with Gasteiger partial charge in [0.25, 0.3) is 0 Å². The van der Waals surface area contributed by atoms with Gasteiger partial charge in [-0.15, -0.1) is 5.10 Å². The molecule has 0 spiro atoms. The highest BCUT2D eigenvalue weighted by Crippen LogP contribution is 2.37. The number of carbonyl (C=O) groups is 1. The van der Waals surface area contributed by atoms with E-state index in [0.29, 0.717) is 11.8 Å². The fraction of sp³-hybridized carbons (Fsp3) is 0.304. The van der Waals surface area contributed by atoms with Gasteiger partial charge in [-0.3, -0.25) is 15.1 Å². The molecule has 0 saturated heterocycles. The van der Waals surface area contributed by atoms with Crippen LogP contribution in [-0.2, 0) is 4.79 Å². The minimum absolute atomic E-state index is 0.0908. The predicted molar refractivity (Wildman–Crippen MR) is 121 cm³/mol. The van der Waals surface area contributed by atoms with Crippen molar-refractivity contribution in [3.05, 3.63) is 47.8 Å². The van der Waals surface area contributed by atoms with Crippen LogP contribution in [0.4, 0.5) is 6.01 Å². The van der Waals surface area contributed by atoms with Gasteiger partial charge in [0, 0.05) is 33.9 Å². The highest BCUT2D eigenvalue weighted by molar-refractivity contribution is 5.94. The van der Waals surface area contributed by atoms with Crippen LogP contribution in [0.2, 0.25) is 0 Å². The van der Waals surface area contributed by atoms with Gasteiger partial charge in [0.2, 0.25) is 11.8 Å². The highest BCUT2D eigenvalue weighted by atomic mass is 16.4. The van der Waals surface area contributed by atoms with Crippen molar-refractivity contribution in [2.45, 2.75) is 26.7 Å². The largest absolute Gasteiger partial charge is 0.403 e. The molecule has 0 unspecified atom stereocenters. The summed E-state index contributed by atoms with van der Waals surface area (Å²) in [6.07, 6.45) is 1.83. The van der Waals surface area contributed by atoms with Crippen LogP contribution >= 0.6 is 0 Å². The number of aryl methyl sites for hydroxylation is 1. The van der Waals surface area contributed by atoms with E-state index in [0.717, 1.165) is 33.4 Å². The molecule has 1 amide bonds. The van der Waals surface area contributed by atoms with E-state index < -0.39 is 0 Å². The molecule has 3 aromatic heterocycles. The van der Waals surface area contributed by atoms with Gasteiger partial charge in [-0.25, -0.2) is 0 Å². The Morgan fingerprint density at radius 3 is 2.68 bits per heavy atom. The summed E-state index contributed by atoms with van der Waals surface area (Å²) >= 11 is 0. The molecule has 4 aromatic rings. The number of H-pyrrole nitrogens is 1. The van der Waals surface area contributed by atoms with Gasteiger partial charge in [-0.1, -0.05) is 18.9 Å². The second-order valence-electron chi connectivity index (χ2n) is 8.21. The zero-order chi connectivity index (χ0) is 22.1. The molecule has 1 aromatic carbocycles. The SMILES string of the molecule is Cc1cc(-c2[nH]c3ccc(-c4nnc(NC(=O)CN(C)C)o4)cc3c2C(C)C)ccn1. The maximum Gasteiger partial charge on any atom is 0.322 e. The summed E-state index contributed by atoms with van der Waals surface area (Å²) in [5.41, 5.74) is 6.23. The summed E-state index contributed by atoms with van der Waals surface area (Å²) in [5.74, 6) is 0.455. The van der Waals surface area contributed by atoms with E-state index in [1.54, 1.807) is 4.90 Å². The molecule has 160 valence electrons. The molecule has 4 rings (SSSR count). The Kier molecular flexibility index (Phi) is 5.56. The van der Waals surface area contributed by atoms with Crippen LogP contribution in [0, 0.1) is 6.92 Å². The number of aromatic amines is 1. The lowest BCUT2D eigenvalue weighted by molar-refractivity contribution is -0.116. The van der Waals surface area contributed by atoms with Crippen molar-refractivity contribution < 1.29 is 9.21 Å². The molecule has 0 atom stereocenters. The number of benzene rings is 1. The van der Waals surface area contributed by atoms with E-state index in [9.17, 15) is 4.79 Å². The Hall–Kier alpha value is -3.52. The monoisotopic (exact) mass is 418 g/mol. The summed E-state index contributed by atoms with van der Waals surface area (Å²) in [5, 5.41) is 11.8. The maximum atomic E-state index is 11.9. The Morgan fingerprint density at radius 2 is 1.97 bits per heavy atom. The van der Waals surface area contributed by atoms with E-state index in [1.165, 1.54) is 5.56 Å². The molecule has 0 bridgehead atoms. The third kappa shape index (κ3) is 4.34. The number of aromatic nitrogens is 4. The Morgan fingerprint density at radius 1 is 1.16 bits per heavy atom. The van der Waals surface area contributed by atoms with Gasteiger partial charge in [-0.05, 0) is 62.8 Å². The van der Waals surface area contributed by atoms with Crippen LogP contribution in [0.1, 0.15) is 31.0 Å². The first-order valence-electron chi connectivity index (χ1n) is 10.2. The molecule has 8 nitrogen and oxygen atoms in total. The first-order valence-corrected chi connectivity index (χ1v) is 10.2. The number of anilines is 1. The number of carbonyl (C=O) groups excluding carboxylic acids is 1. The van der Waals surface area contributed by atoms with Gasteiger partial charge in [0.1, 0.15) is 0 Å². The van der Waals surface area contributed by atoms with Crippen molar-refractivity contribution in [2.75, 3.05) is 26.0 Å². The summed E-state index contributed by atoms with van der Waals surface area (Å²) in [7, 11) is 3.64. The molecule has 0 radical (unpaired) electrons. The predicted octanol–water partition coefficient (Wildman–Crippen LogP) is 4.21. The Labute approximate surface area is 180 Å². The molecule has 3 heterocycles. The van der Waals surface area contributed by atoms with Crippen LogP contribution in [0.5, 0.6) is 0 Å². The number of likely N-dealkylation sites (N-methyl/N-ethyl adjacent to an activating group) is 1. The van der Waals surface area contributed by atoms with E-state index in [4.69, 9.17) is 4.42 Å². The van der Waals surface area contributed by atoms with Crippen molar-refractivity contribution >= 4 is 22.8 Å². The smallest absolute Gasteiger partial charge is 0.322 e. The zero-order valence-electron chi connectivity index (χ0n) is 18.4. The topological polar surface area (TPSA) is 99.9 Å². The number of hydrogen-bond acceptors (Lipinski definition) is 6. The minimum atomic E-state index is -0.208. The molecule has 2 N–H and O–H groups in total. The van der Waals surface area contributed by atoms with Gasteiger partial charge in [0.15, 0.2) is 0 Å². The summed E-state index contributed by atoms with van der Waals surface area (Å²) in [6, 6.07) is 10.2. The summed E-state index contributed by atoms with van der Waals surface area (Å²) in [4.78, 5) is 21.6. The second kappa shape index (κ2) is 8.31. The lowest BCUT2D eigenvalue weighted by Gasteiger charge is -2.09. The summed E-state index contributed by atoms with van der Waals surface area (Å²) in [6.45, 7) is 6.58. The van der Waals surface area contributed by atoms with Crippen LogP contribution in [0.25, 0.3) is 33.6 Å². The lowest BCUT2D eigenvalue weighted by atomic mass is 9.95. The van der Waals surface area contributed by atoms with E-state index >= 15 is 0 Å². The van der Waals surface area contributed by atoms with Gasteiger partial charge in [0.05, 0.1) is 12.2 Å². The van der Waals surface area contributed by atoms with Crippen molar-refractivity contribution in [3.63, 3.8) is 0 Å². The highest BCUT2D eigenvalue weighted by Gasteiger charge is 2.18. The number of nitrogens with zero attached hydrogens (tertiary/aromatic N) is 4. The lowest BCUT2D eigenvalue weighted by Crippen LogP contribution is -2.27. The molecular formula is C23H26N6O2. The third-order valence-corrected chi connectivity index (χ3v) is 4.98. The van der Waals surface area contributed by atoms with Crippen molar-refractivity contribution in [1.29, 1.82) is 0 Å². The fourth-order valence-electron chi connectivity index (χ4n) is 3.71. The zero-order valence-corrected chi connectivity index (χ0v) is 18.4. The number of pyridine rings is 1. The molecular weight excluding hydrogens is 392 g/mol. The molecule has 0 aliphatic carbocycles. The average Bonchev–Trinajstić information content (AvgIpc) is 3.31. The minimum Gasteiger partial charge on any atom is -0.403 e. The normalized spacial score (nSPS) is 11.6. The summed E-state index contributed by atoms with van der Waals surface area (Å²) < 4.78 is 5.69. The first kappa shape index (κ1) is 20.7. The fourth-order valence-corrected chi connectivity index (χ4v) is 3.71. The Balaban J connectivity index is 1.72. The van der Waals surface area contributed by atoms with Crippen LogP contribution < -0.4 is 5.32 Å². The van der Waals surface area contributed by atoms with Gasteiger partial charge >= 0.3 is 6.01 Å². The maximum absolute atomic E-state index is 11.9. The van der Waals surface area contributed by atoms with Gasteiger partial charge < -0.3 is 14.3 Å². The van der Waals surface area contributed by atoms with Crippen molar-refractivity contribution in [3.8, 4) is 22.7 Å². The van der Waals surface area contributed by atoms with E-state index in [1.807, 2.05) is 45.4 Å². The molecule has 0 fully saturated rings. The number of amides is 1. The Bertz CT molecular complexity index is 1240. The second-order valence-corrected chi connectivity index (χ2v) is 8.21. The third-order valence-electron chi connectivity index (χ3n) is 4.98. The molecule has 0 saturated carbocycles. The first-order chi connectivity index (χ1) is 14.8. The number of hydrogen-bond donors (Lipinski definition) is 2. The number of fused-ring (bicyclic) bond motifs is 1. The molecule has 0 aliphatic rings. The molecule has 0 aliphatic heterocycles. The van der Waals surface area contributed by atoms with Gasteiger partial charge in [-0.2, -0.15) is 0 Å². The molecule has 31 heavy (non-hydrogen) atoms. The quantitative estimate of drug-likeness (QED) is 0.486. The number of nitrogens with one attached hydrogen (secondary N) is 2. The number of rotatable bonds is 6. The standard InChI is InChI=1S/C23H26N6O2/c1-13(2)20-17-11-16(22-27-28-23(31-22)26-19(30)12-29(4)5)6-7-18(17)25-21(20)15-8-9-24-14(3)10-15/h6-11,13,25H,12H2,1-5H3,(H,26,28,30). The van der Waals surface area contributed by atoms with Crippen LogP contribution in [0.3, 0.4) is 0 Å². The van der Waals surface area contributed by atoms with Crippen molar-refractivity contribution in [1.82, 2.24) is 25.1 Å². The van der Waals surface area contributed by atoms with Crippen molar-refractivity contribution in [2.24, 2.45) is 0 Å². The van der Waals surface area contributed by atoms with Crippen LogP contribution in [0.15, 0.2) is 40.9 Å².